The molecule has 5 rings (SSSR count). The van der Waals surface area contributed by atoms with E-state index in [1.807, 2.05) is 25.1 Å². The summed E-state index contributed by atoms with van der Waals surface area (Å²) in [5.41, 5.74) is 3.07. The third kappa shape index (κ3) is 5.02. The third-order valence-electron chi connectivity index (χ3n) is 7.97. The zero-order valence-corrected chi connectivity index (χ0v) is 21.6. The van der Waals surface area contributed by atoms with E-state index in [1.54, 1.807) is 18.1 Å². The lowest BCUT2D eigenvalue weighted by molar-refractivity contribution is -0.118. The summed E-state index contributed by atoms with van der Waals surface area (Å²) < 4.78 is 0. The summed E-state index contributed by atoms with van der Waals surface area (Å²) in [6, 6.07) is 6.31. The number of anilines is 4. The molecule has 0 radical (unpaired) electrons. The molecule has 3 aliphatic rings. The van der Waals surface area contributed by atoms with Crippen LogP contribution < -0.4 is 20.4 Å². The molecule has 1 aromatic carbocycles. The highest BCUT2D eigenvalue weighted by Crippen LogP contribution is 2.36. The number of piperidine rings is 1. The van der Waals surface area contributed by atoms with E-state index in [9.17, 15) is 9.59 Å². The highest BCUT2D eigenvalue weighted by atomic mass is 16.2. The van der Waals surface area contributed by atoms with E-state index in [0.29, 0.717) is 30.5 Å². The van der Waals surface area contributed by atoms with E-state index in [-0.39, 0.29) is 17.9 Å². The number of hydrogen-bond donors (Lipinski definition) is 2. The molecule has 0 atom stereocenters. The number of amides is 2. The van der Waals surface area contributed by atoms with Crippen LogP contribution in [-0.2, 0) is 4.79 Å². The van der Waals surface area contributed by atoms with Gasteiger partial charge in [-0.15, -0.1) is 0 Å². The van der Waals surface area contributed by atoms with Crippen LogP contribution in [0.15, 0.2) is 24.4 Å². The van der Waals surface area contributed by atoms with Crippen LogP contribution in [0.4, 0.5) is 23.1 Å². The summed E-state index contributed by atoms with van der Waals surface area (Å²) in [5, 5.41) is 6.56. The Morgan fingerprint density at radius 1 is 1.06 bits per heavy atom. The van der Waals surface area contributed by atoms with Crippen LogP contribution in [0.5, 0.6) is 0 Å². The fraction of sp³-hybridized carbons (Fsp3) is 0.556. The predicted molar refractivity (Wildman–Crippen MR) is 142 cm³/mol. The van der Waals surface area contributed by atoms with E-state index in [4.69, 9.17) is 4.98 Å². The molecule has 2 amide bonds. The van der Waals surface area contributed by atoms with Crippen molar-refractivity contribution in [2.24, 2.45) is 0 Å². The van der Waals surface area contributed by atoms with Gasteiger partial charge in [0, 0.05) is 43.3 Å². The number of aromatic nitrogens is 2. The van der Waals surface area contributed by atoms with Gasteiger partial charge in [0.15, 0.2) is 5.82 Å². The quantitative estimate of drug-likeness (QED) is 0.662. The number of carbonyl (C=O) groups excluding carboxylic acids is 2. The van der Waals surface area contributed by atoms with Gasteiger partial charge in [-0.2, -0.15) is 4.98 Å². The molecular weight excluding hydrogens is 454 g/mol. The first kappa shape index (κ1) is 24.5. The number of likely N-dealkylation sites (tertiary alicyclic amines) is 1. The minimum atomic E-state index is -0.0407. The van der Waals surface area contributed by atoms with E-state index in [0.717, 1.165) is 61.5 Å². The number of hydrogen-bond acceptors (Lipinski definition) is 7. The Hall–Kier alpha value is -3.20. The second kappa shape index (κ2) is 10.4. The predicted octanol–water partition coefficient (Wildman–Crippen LogP) is 3.47. The average molecular weight is 492 g/mol. The van der Waals surface area contributed by atoms with Gasteiger partial charge < -0.3 is 25.3 Å². The molecule has 192 valence electrons. The van der Waals surface area contributed by atoms with Crippen molar-refractivity contribution in [3.63, 3.8) is 0 Å². The monoisotopic (exact) mass is 491 g/mol. The van der Waals surface area contributed by atoms with Gasteiger partial charge in [0.1, 0.15) is 5.69 Å². The lowest BCUT2D eigenvalue weighted by Gasteiger charge is -2.30. The van der Waals surface area contributed by atoms with Crippen molar-refractivity contribution in [3.8, 4) is 0 Å². The second-order valence-corrected chi connectivity index (χ2v) is 10.4. The van der Waals surface area contributed by atoms with Crippen molar-refractivity contribution in [2.45, 2.75) is 64.0 Å². The van der Waals surface area contributed by atoms with Crippen LogP contribution in [0.1, 0.15) is 60.9 Å². The maximum atomic E-state index is 13.1. The largest absolute Gasteiger partial charge is 0.351 e. The number of nitrogens with zero attached hydrogens (tertiary/aromatic N) is 5. The second-order valence-electron chi connectivity index (χ2n) is 10.4. The fourth-order valence-electron chi connectivity index (χ4n) is 5.62. The maximum Gasteiger partial charge on any atom is 0.251 e. The van der Waals surface area contributed by atoms with E-state index < -0.39 is 0 Å². The minimum Gasteiger partial charge on any atom is -0.351 e. The summed E-state index contributed by atoms with van der Waals surface area (Å²) in [4.78, 5) is 41.4. The van der Waals surface area contributed by atoms with E-state index >= 15 is 0 Å². The summed E-state index contributed by atoms with van der Waals surface area (Å²) in [6.07, 6.45) is 8.81. The van der Waals surface area contributed by atoms with Crippen molar-refractivity contribution in [1.82, 2.24) is 20.2 Å². The van der Waals surface area contributed by atoms with Gasteiger partial charge in [-0.25, -0.2) is 4.98 Å². The molecule has 3 heterocycles. The Morgan fingerprint density at radius 2 is 1.81 bits per heavy atom. The fourth-order valence-corrected chi connectivity index (χ4v) is 5.62. The van der Waals surface area contributed by atoms with Crippen molar-refractivity contribution in [2.75, 3.05) is 48.8 Å². The average Bonchev–Trinajstić information content (AvgIpc) is 3.37. The maximum absolute atomic E-state index is 13.1. The first-order valence-corrected chi connectivity index (χ1v) is 13.2. The van der Waals surface area contributed by atoms with Gasteiger partial charge in [-0.05, 0) is 70.4 Å². The molecule has 0 spiro atoms. The van der Waals surface area contributed by atoms with E-state index in [1.165, 1.54) is 12.8 Å². The molecule has 2 aliphatic heterocycles. The van der Waals surface area contributed by atoms with Gasteiger partial charge in [-0.3, -0.25) is 9.59 Å². The van der Waals surface area contributed by atoms with Gasteiger partial charge in [0.2, 0.25) is 11.9 Å². The molecule has 0 unspecified atom stereocenters. The van der Waals surface area contributed by atoms with Gasteiger partial charge >= 0.3 is 0 Å². The van der Waals surface area contributed by atoms with Crippen LogP contribution in [0.25, 0.3) is 0 Å². The Balaban J connectivity index is 1.38. The highest BCUT2D eigenvalue weighted by molar-refractivity contribution is 5.98. The first-order valence-electron chi connectivity index (χ1n) is 13.2. The number of benzene rings is 1. The Bertz CT molecular complexity index is 1120. The Kier molecular flexibility index (Phi) is 7.09. The van der Waals surface area contributed by atoms with Crippen molar-refractivity contribution in [3.05, 3.63) is 35.5 Å². The van der Waals surface area contributed by atoms with Gasteiger partial charge in [-0.1, -0.05) is 18.9 Å². The van der Waals surface area contributed by atoms with Gasteiger partial charge in [0.25, 0.3) is 5.91 Å². The molecule has 1 aliphatic carbocycles. The molecule has 9 heteroatoms. The van der Waals surface area contributed by atoms with E-state index in [2.05, 4.69) is 32.5 Å². The SMILES string of the molecule is Cc1c(Nc2ncc3c(n2)N(C2CCCC2)CCC(=O)N3C)cccc1C(=O)NC1CCN(C)CC1. The van der Waals surface area contributed by atoms with Gasteiger partial charge in [0.05, 0.1) is 6.20 Å². The highest BCUT2D eigenvalue weighted by Gasteiger charge is 2.31. The third-order valence-corrected chi connectivity index (χ3v) is 7.97. The lowest BCUT2D eigenvalue weighted by atomic mass is 10.0. The number of fused-ring (bicyclic) bond motifs is 1. The summed E-state index contributed by atoms with van der Waals surface area (Å²) in [6.45, 7) is 4.62. The molecular formula is C27H37N7O2. The van der Waals surface area contributed by atoms with Crippen LogP contribution in [-0.4, -0.2) is 72.5 Å². The Labute approximate surface area is 213 Å². The molecule has 36 heavy (non-hydrogen) atoms. The number of rotatable bonds is 5. The number of carbonyl (C=O) groups is 2. The number of nitrogens with one attached hydrogen (secondary N) is 2. The molecule has 2 fully saturated rings. The summed E-state index contributed by atoms with van der Waals surface area (Å²) in [7, 11) is 3.91. The molecule has 0 bridgehead atoms. The lowest BCUT2D eigenvalue weighted by Crippen LogP contribution is -2.43. The topological polar surface area (TPSA) is 93.7 Å². The van der Waals surface area contributed by atoms with Crippen molar-refractivity contribution in [1.29, 1.82) is 0 Å². The smallest absolute Gasteiger partial charge is 0.251 e. The minimum absolute atomic E-state index is 0.0407. The Morgan fingerprint density at radius 3 is 2.56 bits per heavy atom. The van der Waals surface area contributed by atoms with Crippen LogP contribution in [0.2, 0.25) is 0 Å². The van der Waals surface area contributed by atoms with Crippen molar-refractivity contribution < 1.29 is 9.59 Å². The van der Waals surface area contributed by atoms with Crippen LogP contribution >= 0.6 is 0 Å². The zero-order valence-electron chi connectivity index (χ0n) is 21.6. The van der Waals surface area contributed by atoms with Crippen LogP contribution in [0.3, 0.4) is 0 Å². The summed E-state index contributed by atoms with van der Waals surface area (Å²) >= 11 is 0. The molecule has 2 N–H and O–H groups in total. The zero-order chi connectivity index (χ0) is 25.2. The van der Waals surface area contributed by atoms with Crippen LogP contribution in [0, 0.1) is 6.92 Å². The first-order chi connectivity index (χ1) is 17.4. The summed E-state index contributed by atoms with van der Waals surface area (Å²) in [5.74, 6) is 1.32. The normalized spacial score (nSPS) is 19.8. The standard InChI is InChI=1S/C27H37N7O2/c1-18-21(26(36)29-19-11-14-32(2)15-12-19)9-6-10-22(18)30-27-28-17-23-25(31-27)34(20-7-4-5-8-20)16-13-24(35)33(23)3/h6,9-10,17,19-20H,4-5,7-8,11-16H2,1-3H3,(H,29,36)(H,28,30,31). The van der Waals surface area contributed by atoms with Crippen molar-refractivity contribution >= 4 is 35.0 Å². The molecule has 1 aromatic heterocycles. The molecule has 2 aromatic rings. The molecule has 1 saturated carbocycles. The molecule has 9 nitrogen and oxygen atoms in total. The molecule has 1 saturated heterocycles.